The summed E-state index contributed by atoms with van der Waals surface area (Å²) in [7, 11) is 0. The van der Waals surface area contributed by atoms with Crippen LogP contribution in [0, 0.1) is 6.92 Å². The summed E-state index contributed by atoms with van der Waals surface area (Å²) in [5.41, 5.74) is 2.02. The number of halogens is 1. The molecule has 0 bridgehead atoms. The highest BCUT2D eigenvalue weighted by atomic mass is 79.9. The van der Waals surface area contributed by atoms with Crippen LogP contribution in [0.25, 0.3) is 0 Å². The summed E-state index contributed by atoms with van der Waals surface area (Å²) in [5, 5.41) is 2.96. The van der Waals surface area contributed by atoms with E-state index in [9.17, 15) is 4.79 Å². The van der Waals surface area contributed by atoms with E-state index in [-0.39, 0.29) is 5.91 Å². The Morgan fingerprint density at radius 3 is 2.67 bits per heavy atom. The Bertz CT molecular complexity index is 390. The molecule has 0 heterocycles. The Morgan fingerprint density at radius 2 is 1.94 bits per heavy atom. The van der Waals surface area contributed by atoms with Crippen molar-refractivity contribution in [3.63, 3.8) is 0 Å². The molecular weight excluding hydrogens is 290 g/mol. The lowest BCUT2D eigenvalue weighted by atomic mass is 10.1. The molecule has 0 saturated carbocycles. The van der Waals surface area contributed by atoms with Gasteiger partial charge in [0.2, 0.25) is 5.91 Å². The second-order valence-electron chi connectivity index (χ2n) is 4.70. The van der Waals surface area contributed by atoms with Crippen molar-refractivity contribution in [1.29, 1.82) is 0 Å². The van der Waals surface area contributed by atoms with E-state index in [1.165, 1.54) is 19.3 Å². The monoisotopic (exact) mass is 311 g/mol. The Labute approximate surface area is 118 Å². The van der Waals surface area contributed by atoms with Crippen LogP contribution in [0.4, 0.5) is 5.69 Å². The van der Waals surface area contributed by atoms with Gasteiger partial charge in [-0.05, 0) is 47.0 Å². The Kier molecular flexibility index (Phi) is 7.02. The molecule has 0 radical (unpaired) electrons. The van der Waals surface area contributed by atoms with E-state index >= 15 is 0 Å². The van der Waals surface area contributed by atoms with Gasteiger partial charge in [0.15, 0.2) is 0 Å². The number of amides is 1. The SMILES string of the molecule is CCCCCCCC(=O)Nc1cc(C)ccc1Br. The van der Waals surface area contributed by atoms with Gasteiger partial charge in [-0.15, -0.1) is 0 Å². The average Bonchev–Trinajstić information content (AvgIpc) is 2.33. The van der Waals surface area contributed by atoms with Crippen molar-refractivity contribution in [2.75, 3.05) is 5.32 Å². The molecule has 18 heavy (non-hydrogen) atoms. The Hall–Kier alpha value is -0.830. The molecule has 0 aromatic heterocycles. The zero-order chi connectivity index (χ0) is 13.4. The van der Waals surface area contributed by atoms with Crippen LogP contribution < -0.4 is 5.32 Å². The zero-order valence-corrected chi connectivity index (χ0v) is 12.8. The molecule has 3 heteroatoms. The van der Waals surface area contributed by atoms with Crippen molar-refractivity contribution in [3.05, 3.63) is 28.2 Å². The molecule has 2 nitrogen and oxygen atoms in total. The molecule has 1 N–H and O–H groups in total. The van der Waals surface area contributed by atoms with E-state index < -0.39 is 0 Å². The number of anilines is 1. The maximum atomic E-state index is 11.8. The van der Waals surface area contributed by atoms with Gasteiger partial charge in [-0.3, -0.25) is 4.79 Å². The average molecular weight is 312 g/mol. The fourth-order valence-electron chi connectivity index (χ4n) is 1.84. The van der Waals surface area contributed by atoms with Gasteiger partial charge in [0.1, 0.15) is 0 Å². The molecule has 1 aromatic carbocycles. The summed E-state index contributed by atoms with van der Waals surface area (Å²) in [6, 6.07) is 5.97. The topological polar surface area (TPSA) is 29.1 Å². The number of nitrogens with one attached hydrogen (secondary N) is 1. The zero-order valence-electron chi connectivity index (χ0n) is 11.3. The summed E-state index contributed by atoms with van der Waals surface area (Å²) in [4.78, 5) is 11.8. The molecule has 0 fully saturated rings. The van der Waals surface area contributed by atoms with Crippen molar-refractivity contribution in [2.45, 2.75) is 52.4 Å². The first kappa shape index (κ1) is 15.2. The van der Waals surface area contributed by atoms with Gasteiger partial charge in [0.25, 0.3) is 0 Å². The molecule has 100 valence electrons. The first-order chi connectivity index (χ1) is 8.63. The number of hydrogen-bond donors (Lipinski definition) is 1. The van der Waals surface area contributed by atoms with E-state index in [0.717, 1.165) is 28.6 Å². The van der Waals surface area contributed by atoms with Crippen LogP contribution in [0.15, 0.2) is 22.7 Å². The lowest BCUT2D eigenvalue weighted by molar-refractivity contribution is -0.116. The number of hydrogen-bond acceptors (Lipinski definition) is 1. The quantitative estimate of drug-likeness (QED) is 0.701. The molecule has 0 aliphatic heterocycles. The van der Waals surface area contributed by atoms with Gasteiger partial charge >= 0.3 is 0 Å². The van der Waals surface area contributed by atoms with E-state index in [1.807, 2.05) is 25.1 Å². The molecule has 0 aliphatic rings. The highest BCUT2D eigenvalue weighted by Crippen LogP contribution is 2.23. The first-order valence-electron chi connectivity index (χ1n) is 6.69. The molecular formula is C15H22BrNO. The lowest BCUT2D eigenvalue weighted by Crippen LogP contribution is -2.11. The predicted molar refractivity (Wildman–Crippen MR) is 80.9 cm³/mol. The summed E-state index contributed by atoms with van der Waals surface area (Å²) in [6.07, 6.45) is 6.49. The van der Waals surface area contributed by atoms with Crippen molar-refractivity contribution >= 4 is 27.5 Å². The highest BCUT2D eigenvalue weighted by molar-refractivity contribution is 9.10. The largest absolute Gasteiger partial charge is 0.325 e. The fraction of sp³-hybridized carbons (Fsp3) is 0.533. The van der Waals surface area contributed by atoms with Crippen molar-refractivity contribution in [2.24, 2.45) is 0 Å². The number of unbranched alkanes of at least 4 members (excludes halogenated alkanes) is 4. The minimum absolute atomic E-state index is 0.109. The van der Waals surface area contributed by atoms with Crippen LogP contribution in [0.3, 0.4) is 0 Å². The van der Waals surface area contributed by atoms with Gasteiger partial charge in [-0.2, -0.15) is 0 Å². The number of carbonyl (C=O) groups excluding carboxylic acids is 1. The van der Waals surface area contributed by atoms with Crippen LogP contribution in [0.1, 0.15) is 51.0 Å². The Morgan fingerprint density at radius 1 is 1.22 bits per heavy atom. The minimum atomic E-state index is 0.109. The maximum Gasteiger partial charge on any atom is 0.224 e. The van der Waals surface area contributed by atoms with E-state index in [2.05, 4.69) is 28.2 Å². The molecule has 1 rings (SSSR count). The van der Waals surface area contributed by atoms with Crippen LogP contribution in [-0.2, 0) is 4.79 Å². The predicted octanol–water partition coefficient (Wildman–Crippen LogP) is 5.06. The third kappa shape index (κ3) is 5.67. The Balaban J connectivity index is 2.33. The van der Waals surface area contributed by atoms with Gasteiger partial charge in [-0.25, -0.2) is 0 Å². The van der Waals surface area contributed by atoms with Gasteiger partial charge < -0.3 is 5.32 Å². The van der Waals surface area contributed by atoms with E-state index in [0.29, 0.717) is 6.42 Å². The molecule has 1 aromatic rings. The third-order valence-electron chi connectivity index (χ3n) is 2.90. The van der Waals surface area contributed by atoms with Crippen molar-refractivity contribution in [1.82, 2.24) is 0 Å². The molecule has 0 aliphatic carbocycles. The van der Waals surface area contributed by atoms with Crippen molar-refractivity contribution in [3.8, 4) is 0 Å². The summed E-state index contributed by atoms with van der Waals surface area (Å²) in [6.45, 7) is 4.22. The lowest BCUT2D eigenvalue weighted by Gasteiger charge is -2.08. The van der Waals surface area contributed by atoms with Crippen LogP contribution in [0.5, 0.6) is 0 Å². The van der Waals surface area contributed by atoms with E-state index in [4.69, 9.17) is 0 Å². The molecule has 0 unspecified atom stereocenters. The second kappa shape index (κ2) is 8.30. The molecule has 1 amide bonds. The van der Waals surface area contributed by atoms with Gasteiger partial charge in [0, 0.05) is 10.9 Å². The van der Waals surface area contributed by atoms with Crippen LogP contribution in [0.2, 0.25) is 0 Å². The highest BCUT2D eigenvalue weighted by Gasteiger charge is 2.05. The van der Waals surface area contributed by atoms with Gasteiger partial charge in [-0.1, -0.05) is 38.7 Å². The van der Waals surface area contributed by atoms with Crippen molar-refractivity contribution < 1.29 is 4.79 Å². The molecule has 0 saturated heterocycles. The number of aryl methyl sites for hydroxylation is 1. The summed E-state index contributed by atoms with van der Waals surface area (Å²) >= 11 is 3.45. The summed E-state index contributed by atoms with van der Waals surface area (Å²) in [5.74, 6) is 0.109. The summed E-state index contributed by atoms with van der Waals surface area (Å²) < 4.78 is 0.937. The van der Waals surface area contributed by atoms with E-state index in [1.54, 1.807) is 0 Å². The number of rotatable bonds is 7. The van der Waals surface area contributed by atoms with Crippen LogP contribution >= 0.6 is 15.9 Å². The smallest absolute Gasteiger partial charge is 0.224 e. The molecule has 0 spiro atoms. The standard InChI is InChI=1S/C15H22BrNO/c1-3-4-5-6-7-8-15(18)17-14-11-12(2)9-10-13(14)16/h9-11H,3-8H2,1-2H3,(H,17,18). The fourth-order valence-corrected chi connectivity index (χ4v) is 2.18. The third-order valence-corrected chi connectivity index (χ3v) is 3.59. The second-order valence-corrected chi connectivity index (χ2v) is 5.55. The van der Waals surface area contributed by atoms with Crippen LogP contribution in [-0.4, -0.2) is 5.91 Å². The number of benzene rings is 1. The first-order valence-corrected chi connectivity index (χ1v) is 7.48. The number of carbonyl (C=O) groups is 1. The minimum Gasteiger partial charge on any atom is -0.325 e. The normalized spacial score (nSPS) is 10.4. The maximum absolute atomic E-state index is 11.8. The molecule has 0 atom stereocenters. The van der Waals surface area contributed by atoms with Gasteiger partial charge in [0.05, 0.1) is 5.69 Å².